The van der Waals surface area contributed by atoms with Crippen LogP contribution in [-0.4, -0.2) is 11.0 Å². The average Bonchev–Trinajstić information content (AvgIpc) is 2.80. The highest BCUT2D eigenvalue weighted by Crippen LogP contribution is 2.54. The van der Waals surface area contributed by atoms with Crippen LogP contribution in [0.15, 0.2) is 54.6 Å². The van der Waals surface area contributed by atoms with Gasteiger partial charge >= 0.3 is 0 Å². The zero-order chi connectivity index (χ0) is 29.7. The Bertz CT molecular complexity index is 1410. The van der Waals surface area contributed by atoms with E-state index in [1.165, 1.54) is 0 Å². The summed E-state index contributed by atoms with van der Waals surface area (Å²) in [6.07, 6.45) is 0. The van der Waals surface area contributed by atoms with Crippen molar-refractivity contribution in [3.63, 3.8) is 0 Å². The lowest BCUT2D eigenvalue weighted by Crippen LogP contribution is -2.29. The number of hydrogen-bond acceptors (Lipinski definition) is 3. The maximum absolute atomic E-state index is 15.3. The quantitative estimate of drug-likeness (QED) is 0.301. The summed E-state index contributed by atoms with van der Waals surface area (Å²) in [4.78, 5) is 29.5. The molecule has 0 aliphatic heterocycles. The van der Waals surface area contributed by atoms with Crippen LogP contribution in [0.25, 0.3) is 0 Å². The van der Waals surface area contributed by atoms with Gasteiger partial charge in [0.25, 0.3) is 0 Å². The van der Waals surface area contributed by atoms with E-state index in [0.717, 1.165) is 33.4 Å². The van der Waals surface area contributed by atoms with E-state index < -0.39 is 29.0 Å². The second-order valence-electron chi connectivity index (χ2n) is 14.0. The van der Waals surface area contributed by atoms with Crippen molar-refractivity contribution in [1.29, 1.82) is 0 Å². The monoisotopic (exact) mass is 544 g/mol. The lowest BCUT2D eigenvalue weighted by Gasteiger charge is -2.34. The largest absolute Gasteiger partial charge is 0.302 e. The molecule has 208 valence electrons. The van der Waals surface area contributed by atoms with E-state index in [9.17, 15) is 9.59 Å². The molecule has 0 amide bonds. The number of aryl methyl sites for hydroxylation is 3. The highest BCUT2D eigenvalue weighted by atomic mass is 31.2. The van der Waals surface area contributed by atoms with Crippen LogP contribution < -0.4 is 5.30 Å². The number of hydrogen-bond donors (Lipinski definition) is 0. The molecule has 0 aliphatic rings. The molecule has 0 radical (unpaired) electrons. The van der Waals surface area contributed by atoms with E-state index in [1.54, 1.807) is 24.3 Å². The Labute approximate surface area is 235 Å². The average molecular weight is 545 g/mol. The van der Waals surface area contributed by atoms with Crippen LogP contribution in [0.3, 0.4) is 0 Å². The molecule has 3 nitrogen and oxygen atoms in total. The summed E-state index contributed by atoms with van der Waals surface area (Å²) in [7, 11) is -4.29. The first-order chi connectivity index (χ1) is 17.7. The van der Waals surface area contributed by atoms with Gasteiger partial charge in [-0.2, -0.15) is 0 Å². The van der Waals surface area contributed by atoms with Crippen molar-refractivity contribution >= 4 is 23.5 Å². The summed E-state index contributed by atoms with van der Waals surface area (Å²) < 4.78 is 15.3. The number of carbonyl (C=O) groups excluding carboxylic acids is 2. The zero-order valence-electron chi connectivity index (χ0n) is 25.9. The topological polar surface area (TPSA) is 51.2 Å². The van der Waals surface area contributed by atoms with E-state index in [1.807, 2.05) is 39.0 Å². The minimum absolute atomic E-state index is 0.156. The van der Waals surface area contributed by atoms with Crippen molar-refractivity contribution in [2.75, 3.05) is 0 Å². The fourth-order valence-corrected chi connectivity index (χ4v) is 7.75. The Morgan fingerprint density at radius 1 is 0.590 bits per heavy atom. The summed E-state index contributed by atoms with van der Waals surface area (Å²) in [5.41, 5.74) is 3.88. The summed E-state index contributed by atoms with van der Waals surface area (Å²) >= 11 is 0. The summed E-state index contributed by atoms with van der Waals surface area (Å²) in [5, 5.41) is 0.277. The molecule has 0 aliphatic carbocycles. The van der Waals surface area contributed by atoms with Gasteiger partial charge in [-0.1, -0.05) is 122 Å². The highest BCUT2D eigenvalue weighted by molar-refractivity contribution is 8.01. The van der Waals surface area contributed by atoms with Crippen molar-refractivity contribution in [1.82, 2.24) is 0 Å². The van der Waals surface area contributed by atoms with Gasteiger partial charge in [-0.05, 0) is 64.8 Å². The smallest absolute Gasteiger partial charge is 0.248 e. The third-order valence-electron chi connectivity index (χ3n) is 7.42. The van der Waals surface area contributed by atoms with Crippen LogP contribution in [0, 0.1) is 20.8 Å². The third kappa shape index (κ3) is 5.90. The number of benzene rings is 3. The zero-order valence-corrected chi connectivity index (χ0v) is 26.8. The minimum atomic E-state index is -4.29. The molecule has 0 heterocycles. The molecule has 0 aromatic heterocycles. The van der Waals surface area contributed by atoms with Gasteiger partial charge < -0.3 is 4.57 Å². The van der Waals surface area contributed by atoms with E-state index in [0.29, 0.717) is 11.1 Å². The van der Waals surface area contributed by atoms with E-state index in [2.05, 4.69) is 74.4 Å². The SMILES string of the molecule is Cc1cc(C)c(C(=O)P(=O)(C(=O)c2c(C(C)(C)C)cc(C(C)(C)C)cc2C(C)(C)C)c2ccccc2)c(C)c1. The van der Waals surface area contributed by atoms with Crippen molar-refractivity contribution < 1.29 is 14.2 Å². The van der Waals surface area contributed by atoms with Crippen molar-refractivity contribution in [2.24, 2.45) is 0 Å². The first kappa shape index (κ1) is 30.8. The predicted octanol–water partition coefficient (Wildman–Crippen LogP) is 9.17. The first-order valence-electron chi connectivity index (χ1n) is 13.7. The Balaban J connectivity index is 2.51. The molecule has 0 spiro atoms. The molecule has 1 unspecified atom stereocenters. The van der Waals surface area contributed by atoms with Crippen LogP contribution in [0.1, 0.15) is 116 Å². The van der Waals surface area contributed by atoms with Crippen LogP contribution in [-0.2, 0) is 20.8 Å². The van der Waals surface area contributed by atoms with Gasteiger partial charge in [-0.25, -0.2) is 0 Å². The second kappa shape index (κ2) is 10.3. The number of rotatable bonds is 5. The Morgan fingerprint density at radius 3 is 1.38 bits per heavy atom. The standard InChI is InChI=1S/C35H45O3P/c1-22-18-23(2)29(24(3)19-22)31(36)39(38,26-16-14-13-15-17-26)32(37)30-27(34(7,8)9)20-25(33(4,5)6)21-28(30)35(10,11)12/h13-21H,1-12H3. The fourth-order valence-electron chi connectivity index (χ4n) is 5.29. The van der Waals surface area contributed by atoms with Crippen LogP contribution in [0.5, 0.6) is 0 Å². The van der Waals surface area contributed by atoms with E-state index in [-0.39, 0.29) is 10.7 Å². The molecule has 0 bridgehead atoms. The van der Waals surface area contributed by atoms with Gasteiger partial charge in [0.2, 0.25) is 18.2 Å². The lowest BCUT2D eigenvalue weighted by molar-refractivity contribution is 0.103. The van der Waals surface area contributed by atoms with Gasteiger partial charge in [0.15, 0.2) is 0 Å². The maximum atomic E-state index is 15.3. The number of carbonyl (C=O) groups is 2. The third-order valence-corrected chi connectivity index (χ3v) is 10.0. The van der Waals surface area contributed by atoms with Crippen LogP contribution >= 0.6 is 7.14 Å². The van der Waals surface area contributed by atoms with Crippen LogP contribution in [0.4, 0.5) is 0 Å². The van der Waals surface area contributed by atoms with Gasteiger partial charge in [0.1, 0.15) is 0 Å². The molecule has 3 aromatic rings. The molecular formula is C35H45O3P. The molecule has 0 N–H and O–H groups in total. The summed E-state index contributed by atoms with van der Waals surface area (Å²) in [6, 6.07) is 16.6. The van der Waals surface area contributed by atoms with Gasteiger partial charge in [-0.3, -0.25) is 9.59 Å². The summed E-state index contributed by atoms with van der Waals surface area (Å²) in [5.74, 6) is 0. The maximum Gasteiger partial charge on any atom is 0.248 e. The van der Waals surface area contributed by atoms with Crippen LogP contribution in [0.2, 0.25) is 0 Å². The van der Waals surface area contributed by atoms with Crippen molar-refractivity contribution in [3.05, 3.63) is 99.1 Å². The first-order valence-corrected chi connectivity index (χ1v) is 15.4. The predicted molar refractivity (Wildman–Crippen MR) is 166 cm³/mol. The minimum Gasteiger partial charge on any atom is -0.302 e. The fraction of sp³-hybridized carbons (Fsp3) is 0.429. The molecule has 39 heavy (non-hydrogen) atoms. The second-order valence-corrected chi connectivity index (χ2v) is 16.6. The molecule has 3 rings (SSSR count). The van der Waals surface area contributed by atoms with Crippen molar-refractivity contribution in [3.8, 4) is 0 Å². The molecule has 0 saturated heterocycles. The highest BCUT2D eigenvalue weighted by Gasteiger charge is 2.47. The Morgan fingerprint density at radius 2 is 1.00 bits per heavy atom. The molecule has 3 aromatic carbocycles. The van der Waals surface area contributed by atoms with E-state index in [4.69, 9.17) is 0 Å². The Hall–Kier alpha value is -2.77. The normalized spacial score (nSPS) is 14.2. The molecular weight excluding hydrogens is 499 g/mol. The summed E-state index contributed by atoms with van der Waals surface area (Å²) in [6.45, 7) is 24.6. The Kier molecular flexibility index (Phi) is 8.15. The lowest BCUT2D eigenvalue weighted by atomic mass is 9.72. The van der Waals surface area contributed by atoms with Gasteiger partial charge in [0.05, 0.1) is 0 Å². The van der Waals surface area contributed by atoms with E-state index >= 15 is 4.57 Å². The molecule has 4 heteroatoms. The molecule has 0 fully saturated rings. The van der Waals surface area contributed by atoms with Gasteiger partial charge in [0, 0.05) is 16.4 Å². The molecule has 0 saturated carbocycles. The van der Waals surface area contributed by atoms with Gasteiger partial charge in [-0.15, -0.1) is 0 Å². The molecule has 1 atom stereocenters. The van der Waals surface area contributed by atoms with Crippen molar-refractivity contribution in [2.45, 2.75) is 99.3 Å².